The minimum atomic E-state index is 0.744. The number of hydrogen-bond donors (Lipinski definition) is 1. The molecule has 106 valence electrons. The zero-order valence-corrected chi connectivity index (χ0v) is 13.4. The molecule has 1 aliphatic rings. The van der Waals surface area contributed by atoms with E-state index < -0.39 is 0 Å². The summed E-state index contributed by atoms with van der Waals surface area (Å²) in [6, 6.07) is 9.17. The molecule has 1 fully saturated rings. The number of nitrogens with zero attached hydrogens (tertiary/aromatic N) is 2. The standard InChI is InChI=1S/C16H20BrN3/c1-2-16-13(9-18-15-6-7-15)10-19-20(16)11-12-4-3-5-14(17)8-12/h3-5,8,10,15,18H,2,6-7,9,11H2,1H3. The van der Waals surface area contributed by atoms with Crippen LogP contribution in [-0.4, -0.2) is 15.8 Å². The lowest BCUT2D eigenvalue weighted by Crippen LogP contribution is -2.16. The Balaban J connectivity index is 1.74. The maximum absolute atomic E-state index is 4.57. The van der Waals surface area contributed by atoms with Crippen molar-refractivity contribution in [1.82, 2.24) is 15.1 Å². The average molecular weight is 334 g/mol. The fourth-order valence-electron chi connectivity index (χ4n) is 2.49. The van der Waals surface area contributed by atoms with Gasteiger partial charge in [-0.05, 0) is 37.0 Å². The van der Waals surface area contributed by atoms with E-state index in [0.29, 0.717) is 0 Å². The van der Waals surface area contributed by atoms with Crippen molar-refractivity contribution in [3.05, 3.63) is 51.8 Å². The molecule has 0 atom stereocenters. The molecule has 4 heteroatoms. The predicted molar refractivity (Wildman–Crippen MR) is 84.7 cm³/mol. The Morgan fingerprint density at radius 1 is 1.40 bits per heavy atom. The number of rotatable bonds is 6. The van der Waals surface area contributed by atoms with Crippen LogP contribution in [0.25, 0.3) is 0 Å². The number of nitrogens with one attached hydrogen (secondary N) is 1. The molecule has 0 saturated heterocycles. The highest BCUT2D eigenvalue weighted by molar-refractivity contribution is 9.10. The quantitative estimate of drug-likeness (QED) is 0.876. The zero-order chi connectivity index (χ0) is 13.9. The fourth-order valence-corrected chi connectivity index (χ4v) is 2.94. The Bertz CT molecular complexity index is 587. The van der Waals surface area contributed by atoms with Crippen molar-refractivity contribution >= 4 is 15.9 Å². The highest BCUT2D eigenvalue weighted by atomic mass is 79.9. The van der Waals surface area contributed by atoms with Crippen LogP contribution in [0.2, 0.25) is 0 Å². The first-order valence-corrected chi connectivity index (χ1v) is 8.07. The second kappa shape index (κ2) is 6.10. The first kappa shape index (κ1) is 13.8. The van der Waals surface area contributed by atoms with Gasteiger partial charge in [0, 0.05) is 28.3 Å². The zero-order valence-electron chi connectivity index (χ0n) is 11.8. The lowest BCUT2D eigenvalue weighted by molar-refractivity contribution is 0.638. The highest BCUT2D eigenvalue weighted by Gasteiger charge is 2.21. The molecule has 0 aliphatic heterocycles. The third-order valence-corrected chi connectivity index (χ3v) is 4.24. The maximum Gasteiger partial charge on any atom is 0.0663 e. The molecule has 0 spiro atoms. The van der Waals surface area contributed by atoms with E-state index in [1.165, 1.54) is 29.7 Å². The van der Waals surface area contributed by atoms with Gasteiger partial charge in [0.2, 0.25) is 0 Å². The Morgan fingerprint density at radius 3 is 2.95 bits per heavy atom. The molecule has 1 saturated carbocycles. The van der Waals surface area contributed by atoms with Crippen molar-refractivity contribution in [3.8, 4) is 0 Å². The normalized spacial score (nSPS) is 14.7. The van der Waals surface area contributed by atoms with Crippen molar-refractivity contribution < 1.29 is 0 Å². The Morgan fingerprint density at radius 2 is 2.25 bits per heavy atom. The molecule has 0 amide bonds. The summed E-state index contributed by atoms with van der Waals surface area (Å²) in [5, 5.41) is 8.14. The molecule has 1 N–H and O–H groups in total. The SMILES string of the molecule is CCc1c(CNC2CC2)cnn1Cc1cccc(Br)c1. The van der Waals surface area contributed by atoms with Crippen LogP contribution in [-0.2, 0) is 19.5 Å². The summed E-state index contributed by atoms with van der Waals surface area (Å²) in [7, 11) is 0. The smallest absolute Gasteiger partial charge is 0.0663 e. The van der Waals surface area contributed by atoms with Gasteiger partial charge in [-0.1, -0.05) is 35.0 Å². The van der Waals surface area contributed by atoms with Crippen LogP contribution in [0.3, 0.4) is 0 Å². The molecule has 1 heterocycles. The van der Waals surface area contributed by atoms with Crippen LogP contribution in [0.1, 0.15) is 36.6 Å². The number of benzene rings is 1. The third-order valence-electron chi connectivity index (χ3n) is 3.75. The fraction of sp³-hybridized carbons (Fsp3) is 0.438. The Labute approximate surface area is 128 Å². The Hall–Kier alpha value is -1.13. The molecule has 1 aromatic heterocycles. The first-order chi connectivity index (χ1) is 9.76. The third kappa shape index (κ3) is 3.30. The first-order valence-electron chi connectivity index (χ1n) is 7.27. The number of halogens is 1. The summed E-state index contributed by atoms with van der Waals surface area (Å²) in [5.41, 5.74) is 3.96. The lowest BCUT2D eigenvalue weighted by Gasteiger charge is -2.09. The maximum atomic E-state index is 4.57. The van der Waals surface area contributed by atoms with Crippen LogP contribution in [0, 0.1) is 0 Å². The van der Waals surface area contributed by atoms with Crippen LogP contribution >= 0.6 is 15.9 Å². The van der Waals surface area contributed by atoms with E-state index in [0.717, 1.165) is 30.0 Å². The van der Waals surface area contributed by atoms with Crippen LogP contribution < -0.4 is 5.32 Å². The van der Waals surface area contributed by atoms with Crippen molar-refractivity contribution in [2.75, 3.05) is 0 Å². The van der Waals surface area contributed by atoms with Gasteiger partial charge in [0.25, 0.3) is 0 Å². The summed E-state index contributed by atoms with van der Waals surface area (Å²) in [6.07, 6.45) is 5.70. The summed E-state index contributed by atoms with van der Waals surface area (Å²) < 4.78 is 3.25. The molecule has 0 bridgehead atoms. The molecule has 2 aromatic rings. The van der Waals surface area contributed by atoms with Gasteiger partial charge in [0.1, 0.15) is 0 Å². The molecular weight excluding hydrogens is 314 g/mol. The molecule has 20 heavy (non-hydrogen) atoms. The summed E-state index contributed by atoms with van der Waals surface area (Å²) >= 11 is 3.52. The second-order valence-electron chi connectivity index (χ2n) is 5.41. The van der Waals surface area contributed by atoms with Gasteiger partial charge >= 0.3 is 0 Å². The molecule has 1 aliphatic carbocycles. The largest absolute Gasteiger partial charge is 0.310 e. The van der Waals surface area contributed by atoms with Gasteiger partial charge in [0.15, 0.2) is 0 Å². The van der Waals surface area contributed by atoms with Gasteiger partial charge in [-0.2, -0.15) is 5.10 Å². The van der Waals surface area contributed by atoms with Crippen molar-refractivity contribution in [3.63, 3.8) is 0 Å². The van der Waals surface area contributed by atoms with E-state index in [2.05, 4.69) is 62.2 Å². The average Bonchev–Trinajstić information content (AvgIpc) is 3.18. The van der Waals surface area contributed by atoms with E-state index in [-0.39, 0.29) is 0 Å². The van der Waals surface area contributed by atoms with E-state index in [9.17, 15) is 0 Å². The molecule has 0 radical (unpaired) electrons. The molecule has 0 unspecified atom stereocenters. The Kier molecular flexibility index (Phi) is 4.22. The van der Waals surface area contributed by atoms with Crippen LogP contribution in [0.5, 0.6) is 0 Å². The molecule has 3 rings (SSSR count). The molecular formula is C16H20BrN3. The van der Waals surface area contributed by atoms with Crippen molar-refractivity contribution in [2.24, 2.45) is 0 Å². The predicted octanol–water partition coefficient (Wildman–Crippen LogP) is 3.51. The van der Waals surface area contributed by atoms with Crippen molar-refractivity contribution in [2.45, 2.75) is 45.3 Å². The number of hydrogen-bond acceptors (Lipinski definition) is 2. The van der Waals surface area contributed by atoms with E-state index in [1.807, 2.05) is 6.20 Å². The van der Waals surface area contributed by atoms with E-state index in [4.69, 9.17) is 0 Å². The highest BCUT2D eigenvalue weighted by Crippen LogP contribution is 2.20. The summed E-state index contributed by atoms with van der Waals surface area (Å²) in [6.45, 7) is 3.99. The lowest BCUT2D eigenvalue weighted by atomic mass is 10.2. The summed E-state index contributed by atoms with van der Waals surface area (Å²) in [5.74, 6) is 0. The van der Waals surface area contributed by atoms with Gasteiger partial charge in [-0.15, -0.1) is 0 Å². The van der Waals surface area contributed by atoms with Gasteiger partial charge in [-0.25, -0.2) is 0 Å². The van der Waals surface area contributed by atoms with Gasteiger partial charge in [0.05, 0.1) is 12.7 Å². The van der Waals surface area contributed by atoms with E-state index in [1.54, 1.807) is 0 Å². The van der Waals surface area contributed by atoms with Crippen molar-refractivity contribution in [1.29, 1.82) is 0 Å². The molecule has 1 aromatic carbocycles. The number of aromatic nitrogens is 2. The van der Waals surface area contributed by atoms with Gasteiger partial charge in [-0.3, -0.25) is 4.68 Å². The monoisotopic (exact) mass is 333 g/mol. The van der Waals surface area contributed by atoms with Gasteiger partial charge < -0.3 is 5.32 Å². The van der Waals surface area contributed by atoms with Crippen LogP contribution in [0.4, 0.5) is 0 Å². The second-order valence-corrected chi connectivity index (χ2v) is 6.33. The van der Waals surface area contributed by atoms with Crippen LogP contribution in [0.15, 0.2) is 34.9 Å². The minimum Gasteiger partial charge on any atom is -0.310 e. The minimum absolute atomic E-state index is 0.744. The molecule has 3 nitrogen and oxygen atoms in total. The summed E-state index contributed by atoms with van der Waals surface area (Å²) in [4.78, 5) is 0. The van der Waals surface area contributed by atoms with E-state index >= 15 is 0 Å². The topological polar surface area (TPSA) is 29.9 Å².